The summed E-state index contributed by atoms with van der Waals surface area (Å²) in [7, 11) is 3.53. The van der Waals surface area contributed by atoms with E-state index in [1.165, 1.54) is 12.1 Å². The molecule has 0 radical (unpaired) electrons. The van der Waals surface area contributed by atoms with Crippen LogP contribution in [0.4, 0.5) is 10.1 Å². The van der Waals surface area contributed by atoms with Crippen LogP contribution in [0.1, 0.15) is 5.56 Å². The topological polar surface area (TPSA) is 25.2 Å². The molecular formula is C18H14ClFN2OS2. The summed E-state index contributed by atoms with van der Waals surface area (Å²) in [4.78, 5) is 14.9. The van der Waals surface area contributed by atoms with Gasteiger partial charge in [0.05, 0.1) is 16.1 Å². The Bertz CT molecular complexity index is 1050. The third kappa shape index (κ3) is 3.17. The first kappa shape index (κ1) is 17.9. The van der Waals surface area contributed by atoms with Gasteiger partial charge in [-0.25, -0.2) is 4.39 Å². The molecule has 128 valence electrons. The van der Waals surface area contributed by atoms with Crippen LogP contribution in [0.2, 0.25) is 5.02 Å². The molecular weight excluding hydrogens is 379 g/mol. The Morgan fingerprint density at radius 3 is 2.52 bits per heavy atom. The normalized spacial score (nSPS) is 10.9. The second-order valence-corrected chi connectivity index (χ2v) is 6.84. The first-order valence-corrected chi connectivity index (χ1v) is 8.59. The van der Waals surface area contributed by atoms with Gasteiger partial charge < -0.3 is 9.47 Å². The zero-order valence-corrected chi connectivity index (χ0v) is 15.9. The Morgan fingerprint density at radius 1 is 1.24 bits per heavy atom. The first-order chi connectivity index (χ1) is 11.8. The third-order valence-corrected chi connectivity index (χ3v) is 5.30. The van der Waals surface area contributed by atoms with E-state index >= 15 is 0 Å². The van der Waals surface area contributed by atoms with E-state index in [0.717, 1.165) is 5.52 Å². The molecule has 0 amide bonds. The summed E-state index contributed by atoms with van der Waals surface area (Å²) in [5.74, 6) is -0.339. The number of aromatic nitrogens is 1. The Hall–Kier alpha value is -1.89. The van der Waals surface area contributed by atoms with Crippen molar-refractivity contribution < 1.29 is 4.39 Å². The smallest absolute Gasteiger partial charge is 0.200 e. The number of thiocarbonyl (C=S) groups is 1. The second kappa shape index (κ2) is 6.78. The molecule has 3 rings (SSSR count). The van der Waals surface area contributed by atoms with Gasteiger partial charge in [-0.1, -0.05) is 23.8 Å². The van der Waals surface area contributed by atoms with Crippen LogP contribution >= 0.6 is 36.4 Å². The molecule has 0 spiro atoms. The average Bonchev–Trinajstić information content (AvgIpc) is 2.60. The van der Waals surface area contributed by atoms with Crippen LogP contribution in [0.5, 0.6) is 0 Å². The fraction of sp³-hybridized carbons (Fsp3) is 0.111. The van der Waals surface area contributed by atoms with E-state index in [0.29, 0.717) is 31.7 Å². The van der Waals surface area contributed by atoms with Crippen LogP contribution in [0.15, 0.2) is 52.3 Å². The molecule has 0 fully saturated rings. The molecule has 0 bridgehead atoms. The van der Waals surface area contributed by atoms with Gasteiger partial charge in [-0.2, -0.15) is 0 Å². The fourth-order valence-corrected chi connectivity index (χ4v) is 3.50. The van der Waals surface area contributed by atoms with Crippen LogP contribution < -0.4 is 10.3 Å². The van der Waals surface area contributed by atoms with Crippen LogP contribution in [0.3, 0.4) is 0 Å². The van der Waals surface area contributed by atoms with E-state index in [4.69, 9.17) is 23.8 Å². The minimum absolute atomic E-state index is 0.237. The SMILES string of the molecule is CN(C(=S)c1c(S)n(C)c2ccc(Cl)cc2c1=O)c1ccc(F)cc1. The number of pyridine rings is 1. The maximum atomic E-state index is 13.1. The molecule has 7 heteroatoms. The van der Waals surface area contributed by atoms with Gasteiger partial charge in [0, 0.05) is 30.2 Å². The molecule has 0 aliphatic heterocycles. The summed E-state index contributed by atoms with van der Waals surface area (Å²) in [6, 6.07) is 11.0. The van der Waals surface area contributed by atoms with Crippen molar-refractivity contribution in [3.63, 3.8) is 0 Å². The summed E-state index contributed by atoms with van der Waals surface area (Å²) in [6.07, 6.45) is 0. The predicted molar refractivity (Wildman–Crippen MR) is 108 cm³/mol. The second-order valence-electron chi connectivity index (χ2n) is 5.59. The van der Waals surface area contributed by atoms with Crippen molar-refractivity contribution in [2.24, 2.45) is 7.05 Å². The van der Waals surface area contributed by atoms with Crippen molar-refractivity contribution in [1.82, 2.24) is 4.57 Å². The van der Waals surface area contributed by atoms with Crippen molar-refractivity contribution in [2.75, 3.05) is 11.9 Å². The highest BCUT2D eigenvalue weighted by Gasteiger charge is 2.20. The van der Waals surface area contributed by atoms with Crippen molar-refractivity contribution in [1.29, 1.82) is 0 Å². The Morgan fingerprint density at radius 2 is 1.88 bits per heavy atom. The Kier molecular flexibility index (Phi) is 4.86. The van der Waals surface area contributed by atoms with E-state index in [9.17, 15) is 9.18 Å². The van der Waals surface area contributed by atoms with E-state index in [1.54, 1.807) is 46.8 Å². The van der Waals surface area contributed by atoms with E-state index < -0.39 is 0 Å². The molecule has 0 saturated heterocycles. The molecule has 0 saturated carbocycles. The molecule has 1 heterocycles. The van der Waals surface area contributed by atoms with Crippen molar-refractivity contribution in [3.05, 3.63) is 69.1 Å². The highest BCUT2D eigenvalue weighted by atomic mass is 35.5. The number of benzene rings is 2. The lowest BCUT2D eigenvalue weighted by atomic mass is 10.1. The summed E-state index contributed by atoms with van der Waals surface area (Å²) in [6.45, 7) is 0. The van der Waals surface area contributed by atoms with Gasteiger partial charge in [0.2, 0.25) is 5.43 Å². The number of aryl methyl sites for hydroxylation is 1. The van der Waals surface area contributed by atoms with Crippen molar-refractivity contribution in [3.8, 4) is 0 Å². The molecule has 3 nitrogen and oxygen atoms in total. The van der Waals surface area contributed by atoms with Crippen LogP contribution in [0.25, 0.3) is 10.9 Å². The Labute approximate surface area is 160 Å². The van der Waals surface area contributed by atoms with Gasteiger partial charge in [-0.15, -0.1) is 12.6 Å². The quantitative estimate of drug-likeness (QED) is 0.516. The first-order valence-electron chi connectivity index (χ1n) is 7.36. The molecule has 0 N–H and O–H groups in total. The lowest BCUT2D eigenvalue weighted by Gasteiger charge is -2.22. The lowest BCUT2D eigenvalue weighted by Crippen LogP contribution is -2.31. The zero-order chi connectivity index (χ0) is 18.3. The number of rotatable bonds is 2. The summed E-state index contributed by atoms with van der Waals surface area (Å²) >= 11 is 16.1. The van der Waals surface area contributed by atoms with E-state index in [1.807, 2.05) is 7.05 Å². The standard InChI is InChI=1S/C18H14ClFN2OS2/c1-21(12-6-4-11(20)5-7-12)17(24)15-16(23)13-9-10(19)3-8-14(13)22(2)18(15)25/h3-9,25H,1-2H3. The van der Waals surface area contributed by atoms with Gasteiger partial charge in [-0.3, -0.25) is 4.79 Å². The maximum Gasteiger partial charge on any atom is 0.200 e. The molecule has 0 unspecified atom stereocenters. The highest BCUT2D eigenvalue weighted by molar-refractivity contribution is 7.82. The number of hydrogen-bond donors (Lipinski definition) is 1. The average molecular weight is 393 g/mol. The number of thiol groups is 1. The summed E-state index contributed by atoms with van der Waals surface area (Å²) < 4.78 is 14.9. The van der Waals surface area contributed by atoms with Crippen LogP contribution in [-0.4, -0.2) is 16.6 Å². The molecule has 0 aliphatic rings. The van der Waals surface area contributed by atoms with Gasteiger partial charge in [0.1, 0.15) is 10.8 Å². The molecule has 0 aliphatic carbocycles. The summed E-state index contributed by atoms with van der Waals surface area (Å²) in [5, 5.41) is 1.40. The number of anilines is 1. The largest absolute Gasteiger partial charge is 0.338 e. The highest BCUT2D eigenvalue weighted by Crippen LogP contribution is 2.24. The van der Waals surface area contributed by atoms with Crippen molar-refractivity contribution >= 4 is 58.0 Å². The summed E-state index contributed by atoms with van der Waals surface area (Å²) in [5.41, 5.74) is 1.46. The monoisotopic (exact) mass is 392 g/mol. The van der Waals surface area contributed by atoms with Crippen molar-refractivity contribution in [2.45, 2.75) is 5.03 Å². The lowest BCUT2D eigenvalue weighted by molar-refractivity contribution is 0.628. The van der Waals surface area contributed by atoms with Crippen LogP contribution in [-0.2, 0) is 7.05 Å². The molecule has 2 aromatic carbocycles. The predicted octanol–water partition coefficient (Wildman–Crippen LogP) is 4.43. The molecule has 3 aromatic rings. The Balaban J connectivity index is 2.19. The van der Waals surface area contributed by atoms with Gasteiger partial charge >= 0.3 is 0 Å². The molecule has 1 aromatic heterocycles. The minimum atomic E-state index is -0.339. The fourth-order valence-electron chi connectivity index (χ4n) is 2.64. The molecule has 25 heavy (non-hydrogen) atoms. The number of hydrogen-bond acceptors (Lipinski definition) is 3. The van der Waals surface area contributed by atoms with E-state index in [-0.39, 0.29) is 11.2 Å². The third-order valence-electron chi connectivity index (χ3n) is 4.07. The number of halogens is 2. The van der Waals surface area contributed by atoms with Gasteiger partial charge in [0.15, 0.2) is 0 Å². The maximum absolute atomic E-state index is 13.1. The van der Waals surface area contributed by atoms with Gasteiger partial charge in [-0.05, 0) is 42.5 Å². The van der Waals surface area contributed by atoms with Gasteiger partial charge in [0.25, 0.3) is 0 Å². The zero-order valence-electron chi connectivity index (χ0n) is 13.5. The van der Waals surface area contributed by atoms with E-state index in [2.05, 4.69) is 12.6 Å². The van der Waals surface area contributed by atoms with Crippen LogP contribution in [0, 0.1) is 5.82 Å². The minimum Gasteiger partial charge on any atom is -0.338 e. The molecule has 0 atom stereocenters. The number of fused-ring (bicyclic) bond motifs is 1. The number of nitrogens with zero attached hydrogens (tertiary/aromatic N) is 2.